The summed E-state index contributed by atoms with van der Waals surface area (Å²) >= 11 is 8.32. The molecule has 5 heteroatoms. The van der Waals surface area contributed by atoms with Crippen molar-refractivity contribution in [3.63, 3.8) is 0 Å². The summed E-state index contributed by atoms with van der Waals surface area (Å²) in [5, 5.41) is 0. The zero-order valence-corrected chi connectivity index (χ0v) is 10.8. The van der Waals surface area contributed by atoms with Crippen LogP contribution in [0.5, 0.6) is 0 Å². The maximum absolute atomic E-state index is 13.4. The lowest BCUT2D eigenvalue weighted by molar-refractivity contribution is 0.619. The molecule has 1 heterocycles. The number of H-pyrrole nitrogens is 1. The van der Waals surface area contributed by atoms with Gasteiger partial charge in [0.2, 0.25) is 0 Å². The molecule has 2 nitrogen and oxygen atoms in total. The molecule has 1 N–H and O–H groups in total. The number of aromatic amines is 1. The van der Waals surface area contributed by atoms with Crippen LogP contribution in [0.3, 0.4) is 0 Å². The molecule has 1 aromatic heterocycles. The highest BCUT2D eigenvalue weighted by Gasteiger charge is 2.04. The molecule has 0 amide bonds. The molecule has 0 radical (unpaired) electrons. The van der Waals surface area contributed by atoms with Gasteiger partial charge in [0, 0.05) is 11.8 Å². The summed E-state index contributed by atoms with van der Waals surface area (Å²) in [6.45, 7) is 1.72. The number of benzene rings is 1. The van der Waals surface area contributed by atoms with E-state index < -0.39 is 0 Å². The SMILES string of the molecule is Cc1ccc(-c2ncc(Br)c(=S)[nH]2)cc1F. The van der Waals surface area contributed by atoms with Gasteiger partial charge in [-0.25, -0.2) is 9.37 Å². The van der Waals surface area contributed by atoms with E-state index >= 15 is 0 Å². The first kappa shape index (κ1) is 11.4. The van der Waals surface area contributed by atoms with Crippen LogP contribution in [-0.2, 0) is 0 Å². The first-order valence-corrected chi connectivity index (χ1v) is 5.79. The molecule has 0 saturated heterocycles. The lowest BCUT2D eigenvalue weighted by atomic mass is 10.1. The average Bonchev–Trinajstić information content (AvgIpc) is 2.26. The molecule has 2 rings (SSSR count). The Labute approximate surface area is 106 Å². The van der Waals surface area contributed by atoms with Crippen LogP contribution in [0.4, 0.5) is 4.39 Å². The van der Waals surface area contributed by atoms with Gasteiger partial charge in [-0.1, -0.05) is 24.4 Å². The predicted molar refractivity (Wildman–Crippen MR) is 67.3 cm³/mol. The number of rotatable bonds is 1. The maximum atomic E-state index is 13.4. The zero-order valence-electron chi connectivity index (χ0n) is 8.42. The summed E-state index contributed by atoms with van der Waals surface area (Å²) in [6.07, 6.45) is 1.60. The van der Waals surface area contributed by atoms with Crippen molar-refractivity contribution in [1.82, 2.24) is 9.97 Å². The van der Waals surface area contributed by atoms with Gasteiger partial charge in [-0.3, -0.25) is 0 Å². The molecule has 0 aliphatic heterocycles. The molecule has 2 aromatic rings. The molecule has 0 spiro atoms. The van der Waals surface area contributed by atoms with Crippen LogP contribution in [0.1, 0.15) is 5.56 Å². The van der Waals surface area contributed by atoms with Crippen LogP contribution in [-0.4, -0.2) is 9.97 Å². The zero-order chi connectivity index (χ0) is 11.7. The second-order valence-corrected chi connectivity index (χ2v) is 4.64. The minimum absolute atomic E-state index is 0.249. The van der Waals surface area contributed by atoms with Crippen LogP contribution in [0, 0.1) is 17.4 Å². The molecule has 0 saturated carbocycles. The van der Waals surface area contributed by atoms with Crippen molar-refractivity contribution < 1.29 is 4.39 Å². The first-order valence-electron chi connectivity index (χ1n) is 4.59. The van der Waals surface area contributed by atoms with Crippen molar-refractivity contribution in [2.45, 2.75) is 6.92 Å². The lowest BCUT2D eigenvalue weighted by Crippen LogP contribution is -1.91. The highest BCUT2D eigenvalue weighted by atomic mass is 79.9. The minimum atomic E-state index is -0.249. The quantitative estimate of drug-likeness (QED) is 0.806. The predicted octanol–water partition coefficient (Wildman–Crippen LogP) is 4.02. The van der Waals surface area contributed by atoms with Crippen LogP contribution >= 0.6 is 28.1 Å². The van der Waals surface area contributed by atoms with Crippen LogP contribution in [0.25, 0.3) is 11.4 Å². The molecular weight excluding hydrogens is 291 g/mol. The summed E-state index contributed by atoms with van der Waals surface area (Å²) in [7, 11) is 0. The van der Waals surface area contributed by atoms with Crippen molar-refractivity contribution in [3.05, 3.63) is 44.9 Å². The fourth-order valence-corrected chi connectivity index (χ4v) is 1.62. The topological polar surface area (TPSA) is 28.7 Å². The van der Waals surface area contributed by atoms with Crippen molar-refractivity contribution in [2.24, 2.45) is 0 Å². The molecule has 0 fully saturated rings. The fraction of sp³-hybridized carbons (Fsp3) is 0.0909. The van der Waals surface area contributed by atoms with E-state index in [0.717, 1.165) is 4.47 Å². The summed E-state index contributed by atoms with van der Waals surface area (Å²) < 4.78 is 14.6. The number of hydrogen-bond acceptors (Lipinski definition) is 2. The van der Waals surface area contributed by atoms with E-state index in [1.165, 1.54) is 6.07 Å². The molecule has 0 aliphatic carbocycles. The standard InChI is InChI=1S/C11H8BrFN2S/c1-6-2-3-7(4-9(6)13)10-14-5-8(12)11(16)15-10/h2-5H,1H3,(H,14,15,16). The number of hydrogen-bond donors (Lipinski definition) is 1. The Morgan fingerprint density at radius 1 is 1.44 bits per heavy atom. The monoisotopic (exact) mass is 298 g/mol. The van der Waals surface area contributed by atoms with Crippen molar-refractivity contribution >= 4 is 28.1 Å². The average molecular weight is 299 g/mol. The van der Waals surface area contributed by atoms with Crippen molar-refractivity contribution in [1.29, 1.82) is 0 Å². The highest BCUT2D eigenvalue weighted by Crippen LogP contribution is 2.19. The number of aromatic nitrogens is 2. The molecule has 0 aliphatic rings. The third-order valence-corrected chi connectivity index (χ3v) is 3.39. The van der Waals surface area contributed by atoms with Gasteiger partial charge >= 0.3 is 0 Å². The van der Waals surface area contributed by atoms with Crippen molar-refractivity contribution in [2.75, 3.05) is 0 Å². The second kappa shape index (κ2) is 4.43. The molecule has 0 bridgehead atoms. The lowest BCUT2D eigenvalue weighted by Gasteiger charge is -2.03. The van der Waals surface area contributed by atoms with Gasteiger partial charge in [-0.05, 0) is 34.5 Å². The van der Waals surface area contributed by atoms with Crippen LogP contribution in [0.2, 0.25) is 0 Å². The van der Waals surface area contributed by atoms with E-state index in [9.17, 15) is 4.39 Å². The van der Waals surface area contributed by atoms with Gasteiger partial charge in [0.15, 0.2) is 0 Å². The Kier molecular flexibility index (Phi) is 3.16. The maximum Gasteiger partial charge on any atom is 0.138 e. The number of nitrogens with one attached hydrogen (secondary N) is 1. The summed E-state index contributed by atoms with van der Waals surface area (Å²) in [4.78, 5) is 7.07. The van der Waals surface area contributed by atoms with Gasteiger partial charge in [0.1, 0.15) is 16.3 Å². The van der Waals surface area contributed by atoms with E-state index in [2.05, 4.69) is 25.9 Å². The molecule has 1 aromatic carbocycles. The second-order valence-electron chi connectivity index (χ2n) is 3.37. The normalized spacial score (nSPS) is 10.4. The Balaban J connectivity index is 2.55. The Hall–Kier alpha value is -1.07. The molecule has 0 atom stereocenters. The van der Waals surface area contributed by atoms with E-state index in [1.807, 2.05) is 0 Å². The van der Waals surface area contributed by atoms with Gasteiger partial charge in [-0.15, -0.1) is 0 Å². The molecular formula is C11H8BrFN2S. The van der Waals surface area contributed by atoms with Crippen molar-refractivity contribution in [3.8, 4) is 11.4 Å². The van der Waals surface area contributed by atoms with E-state index in [0.29, 0.717) is 21.6 Å². The number of halogens is 2. The number of nitrogens with zero attached hydrogens (tertiary/aromatic N) is 1. The largest absolute Gasteiger partial charge is 0.330 e. The fourth-order valence-electron chi connectivity index (χ4n) is 1.27. The number of aryl methyl sites for hydroxylation is 1. The Morgan fingerprint density at radius 2 is 2.19 bits per heavy atom. The molecule has 82 valence electrons. The first-order chi connectivity index (χ1) is 7.58. The van der Waals surface area contributed by atoms with E-state index in [4.69, 9.17) is 12.2 Å². The van der Waals surface area contributed by atoms with Gasteiger partial charge in [0.25, 0.3) is 0 Å². The van der Waals surface area contributed by atoms with E-state index in [1.54, 1.807) is 25.3 Å². The van der Waals surface area contributed by atoms with E-state index in [-0.39, 0.29) is 5.82 Å². The third kappa shape index (κ3) is 2.20. The Morgan fingerprint density at radius 3 is 2.81 bits per heavy atom. The highest BCUT2D eigenvalue weighted by molar-refractivity contribution is 9.10. The van der Waals surface area contributed by atoms with Gasteiger partial charge < -0.3 is 4.98 Å². The molecule has 0 unspecified atom stereocenters. The summed E-state index contributed by atoms with van der Waals surface area (Å²) in [5.74, 6) is 0.314. The molecule has 16 heavy (non-hydrogen) atoms. The van der Waals surface area contributed by atoms with Crippen LogP contribution < -0.4 is 0 Å². The Bertz CT molecular complexity index is 595. The minimum Gasteiger partial charge on any atom is -0.330 e. The summed E-state index contributed by atoms with van der Waals surface area (Å²) in [5.41, 5.74) is 1.29. The van der Waals surface area contributed by atoms with Crippen LogP contribution in [0.15, 0.2) is 28.9 Å². The third-order valence-electron chi connectivity index (χ3n) is 2.20. The van der Waals surface area contributed by atoms with Gasteiger partial charge in [0.05, 0.1) is 4.47 Å². The van der Waals surface area contributed by atoms with Gasteiger partial charge in [-0.2, -0.15) is 0 Å². The summed E-state index contributed by atoms with van der Waals surface area (Å²) in [6, 6.07) is 4.96. The smallest absolute Gasteiger partial charge is 0.138 e.